The van der Waals surface area contributed by atoms with Gasteiger partial charge in [0.05, 0.1) is 10.6 Å². The van der Waals surface area contributed by atoms with Crippen LogP contribution in [0.3, 0.4) is 0 Å². The molecule has 3 rings (SSSR count). The van der Waals surface area contributed by atoms with Gasteiger partial charge in [-0.05, 0) is 48.7 Å². The van der Waals surface area contributed by atoms with E-state index in [4.69, 9.17) is 7.85 Å². The molecule has 0 aliphatic carbocycles. The van der Waals surface area contributed by atoms with Crippen LogP contribution >= 0.6 is 11.3 Å². The van der Waals surface area contributed by atoms with Crippen molar-refractivity contribution >= 4 is 35.6 Å². The van der Waals surface area contributed by atoms with E-state index in [0.29, 0.717) is 5.95 Å². The third kappa shape index (κ3) is 4.18. The summed E-state index contributed by atoms with van der Waals surface area (Å²) < 4.78 is 0.782. The van der Waals surface area contributed by atoms with Crippen molar-refractivity contribution in [1.82, 2.24) is 14.9 Å². The average molecular weight is 320 g/mol. The molecule has 6 heteroatoms. The van der Waals surface area contributed by atoms with E-state index in [1.165, 1.54) is 16.9 Å². The fraction of sp³-hybridized carbons (Fsp3) is 0.176. The van der Waals surface area contributed by atoms with Crippen LogP contribution in [-0.4, -0.2) is 36.8 Å². The second-order valence-corrected chi connectivity index (χ2v) is 6.64. The fourth-order valence-electron chi connectivity index (χ4n) is 2.23. The molecule has 2 radical (unpaired) electrons. The predicted molar refractivity (Wildman–Crippen MR) is 97.8 cm³/mol. The van der Waals surface area contributed by atoms with Gasteiger partial charge in [-0.3, -0.25) is 0 Å². The first-order chi connectivity index (χ1) is 11.1. The van der Waals surface area contributed by atoms with Gasteiger partial charge in [0.25, 0.3) is 0 Å². The Balaban J connectivity index is 1.75. The van der Waals surface area contributed by atoms with E-state index in [1.807, 2.05) is 30.3 Å². The van der Waals surface area contributed by atoms with Crippen LogP contribution in [0, 0.1) is 0 Å². The summed E-state index contributed by atoms with van der Waals surface area (Å²) in [5.74, 6) is 0.579. The average Bonchev–Trinajstić information content (AvgIpc) is 2.96. The highest BCUT2D eigenvalue weighted by molar-refractivity contribution is 7.23. The van der Waals surface area contributed by atoms with Crippen LogP contribution < -0.4 is 10.1 Å². The van der Waals surface area contributed by atoms with Crippen molar-refractivity contribution in [2.75, 3.05) is 19.4 Å². The van der Waals surface area contributed by atoms with Crippen LogP contribution in [0.2, 0.25) is 0 Å². The minimum atomic E-state index is 0.579. The van der Waals surface area contributed by atoms with Gasteiger partial charge in [0.2, 0.25) is 5.95 Å². The number of hydrogen-bond acceptors (Lipinski definition) is 5. The molecule has 114 valence electrons. The number of thiophene rings is 1. The molecule has 1 N–H and O–H groups in total. The standard InChI is InChI=1S/C17H17BN4S/c1-22(2)11-12-3-5-13(6-4-12)20-17-19-10-9-14(21-17)15-7-8-16(18)23-15/h3-10H,11H2,1-2H3,(H,19,20,21). The summed E-state index contributed by atoms with van der Waals surface area (Å²) in [5.41, 5.74) is 3.10. The highest BCUT2D eigenvalue weighted by Gasteiger charge is 2.05. The van der Waals surface area contributed by atoms with E-state index in [0.717, 1.165) is 27.6 Å². The topological polar surface area (TPSA) is 41.1 Å². The lowest BCUT2D eigenvalue weighted by molar-refractivity contribution is 0.402. The van der Waals surface area contributed by atoms with Crippen LogP contribution in [-0.2, 0) is 6.54 Å². The third-order valence-electron chi connectivity index (χ3n) is 3.24. The Morgan fingerprint density at radius 3 is 2.52 bits per heavy atom. The van der Waals surface area contributed by atoms with Gasteiger partial charge in [-0.15, -0.1) is 0 Å². The Morgan fingerprint density at radius 1 is 1.09 bits per heavy atom. The molecule has 1 aromatic carbocycles. The van der Waals surface area contributed by atoms with Gasteiger partial charge in [-0.1, -0.05) is 18.2 Å². The normalized spacial score (nSPS) is 10.9. The van der Waals surface area contributed by atoms with Crippen molar-refractivity contribution in [1.29, 1.82) is 0 Å². The van der Waals surface area contributed by atoms with Crippen LogP contribution in [0.1, 0.15) is 5.56 Å². The Morgan fingerprint density at radius 2 is 1.87 bits per heavy atom. The van der Waals surface area contributed by atoms with Gasteiger partial charge < -0.3 is 10.2 Å². The predicted octanol–water partition coefficient (Wildman–Crippen LogP) is 2.80. The summed E-state index contributed by atoms with van der Waals surface area (Å²) in [7, 11) is 9.90. The van der Waals surface area contributed by atoms with E-state index >= 15 is 0 Å². The largest absolute Gasteiger partial charge is 0.324 e. The van der Waals surface area contributed by atoms with Gasteiger partial charge in [0.1, 0.15) is 7.85 Å². The summed E-state index contributed by atoms with van der Waals surface area (Å²) in [6.45, 7) is 0.923. The van der Waals surface area contributed by atoms with Crippen LogP contribution in [0.4, 0.5) is 11.6 Å². The van der Waals surface area contributed by atoms with Gasteiger partial charge in [0.15, 0.2) is 0 Å². The monoisotopic (exact) mass is 320 g/mol. The highest BCUT2D eigenvalue weighted by Crippen LogP contribution is 2.22. The Labute approximate surface area is 141 Å². The molecule has 0 fully saturated rings. The Hall–Kier alpha value is -2.18. The molecular weight excluding hydrogens is 303 g/mol. The van der Waals surface area contributed by atoms with Gasteiger partial charge in [-0.2, -0.15) is 11.3 Å². The zero-order valence-corrected chi connectivity index (χ0v) is 14.0. The molecule has 2 heterocycles. The first kappa shape index (κ1) is 15.7. The lowest BCUT2D eigenvalue weighted by Gasteiger charge is -2.10. The Bertz CT molecular complexity index is 783. The zero-order valence-electron chi connectivity index (χ0n) is 13.2. The molecule has 2 aromatic heterocycles. The molecule has 0 bridgehead atoms. The van der Waals surface area contributed by atoms with E-state index in [1.54, 1.807) is 6.20 Å². The van der Waals surface area contributed by atoms with Crippen molar-refractivity contribution in [2.45, 2.75) is 6.54 Å². The smallest absolute Gasteiger partial charge is 0.227 e. The van der Waals surface area contributed by atoms with Crippen LogP contribution in [0.25, 0.3) is 10.6 Å². The molecule has 0 saturated heterocycles. The number of nitrogens with zero attached hydrogens (tertiary/aromatic N) is 3. The lowest BCUT2D eigenvalue weighted by Crippen LogP contribution is -2.10. The first-order valence-electron chi connectivity index (χ1n) is 7.29. The van der Waals surface area contributed by atoms with E-state index in [2.05, 4.69) is 46.4 Å². The number of nitrogens with one attached hydrogen (secondary N) is 1. The molecule has 0 amide bonds. The van der Waals surface area contributed by atoms with Crippen molar-refractivity contribution in [3.05, 3.63) is 54.2 Å². The van der Waals surface area contributed by atoms with Gasteiger partial charge >= 0.3 is 0 Å². The molecule has 0 aliphatic rings. The lowest BCUT2D eigenvalue weighted by atomic mass is 10.1. The number of hydrogen-bond donors (Lipinski definition) is 1. The maximum Gasteiger partial charge on any atom is 0.227 e. The molecule has 0 aliphatic heterocycles. The fourth-order valence-corrected chi connectivity index (χ4v) is 2.98. The van der Waals surface area contributed by atoms with Crippen LogP contribution in [0.15, 0.2) is 48.7 Å². The van der Waals surface area contributed by atoms with Gasteiger partial charge in [-0.25, -0.2) is 9.97 Å². The molecule has 3 aromatic rings. The summed E-state index contributed by atoms with van der Waals surface area (Å²) in [6.07, 6.45) is 1.75. The van der Waals surface area contributed by atoms with Crippen molar-refractivity contribution in [3.8, 4) is 10.6 Å². The maximum atomic E-state index is 5.78. The Kier molecular flexibility index (Phi) is 4.74. The summed E-state index contributed by atoms with van der Waals surface area (Å²) in [6, 6.07) is 14.0. The minimum absolute atomic E-state index is 0.579. The second-order valence-electron chi connectivity index (χ2n) is 5.53. The minimum Gasteiger partial charge on any atom is -0.324 e. The highest BCUT2D eigenvalue weighted by atomic mass is 32.1. The number of benzene rings is 1. The van der Waals surface area contributed by atoms with Crippen molar-refractivity contribution < 1.29 is 0 Å². The molecule has 0 saturated carbocycles. The van der Waals surface area contributed by atoms with E-state index in [9.17, 15) is 0 Å². The molecule has 0 spiro atoms. The molecule has 4 nitrogen and oxygen atoms in total. The summed E-state index contributed by atoms with van der Waals surface area (Å²) in [4.78, 5) is 12.0. The molecule has 0 atom stereocenters. The molecule has 23 heavy (non-hydrogen) atoms. The van der Waals surface area contributed by atoms with E-state index < -0.39 is 0 Å². The quantitative estimate of drug-likeness (QED) is 0.734. The number of rotatable bonds is 5. The van der Waals surface area contributed by atoms with Crippen molar-refractivity contribution in [2.24, 2.45) is 0 Å². The number of anilines is 2. The van der Waals surface area contributed by atoms with Crippen LogP contribution in [0.5, 0.6) is 0 Å². The van der Waals surface area contributed by atoms with E-state index in [-0.39, 0.29) is 0 Å². The summed E-state index contributed by atoms with van der Waals surface area (Å²) in [5, 5.41) is 3.24. The van der Waals surface area contributed by atoms with Gasteiger partial charge in [0, 0.05) is 18.4 Å². The first-order valence-corrected chi connectivity index (χ1v) is 8.11. The SMILES string of the molecule is [B]c1ccc(-c2ccnc(Nc3ccc(CN(C)C)cc3)n2)s1. The molecular formula is C17H17BN4S. The summed E-state index contributed by atoms with van der Waals surface area (Å²) >= 11 is 1.52. The maximum absolute atomic E-state index is 5.78. The number of aromatic nitrogens is 2. The second kappa shape index (κ2) is 6.94. The zero-order chi connectivity index (χ0) is 16.2. The van der Waals surface area contributed by atoms with Crippen molar-refractivity contribution in [3.63, 3.8) is 0 Å². The third-order valence-corrected chi connectivity index (χ3v) is 4.18. The molecule has 0 unspecified atom stereocenters.